The third-order valence-electron chi connectivity index (χ3n) is 2.13. The topological polar surface area (TPSA) is 44.5 Å². The van der Waals surface area contributed by atoms with Gasteiger partial charge in [0.2, 0.25) is 0 Å². The molecule has 0 saturated carbocycles. The number of benzene rings is 1. The van der Waals surface area contributed by atoms with Crippen LogP contribution in [0.4, 0.5) is 0 Å². The highest BCUT2D eigenvalue weighted by molar-refractivity contribution is 5.34. The van der Waals surface area contributed by atoms with Crippen molar-refractivity contribution in [2.24, 2.45) is 5.90 Å². The average molecular weight is 195 g/mol. The van der Waals surface area contributed by atoms with Crippen molar-refractivity contribution in [3.8, 4) is 5.75 Å². The van der Waals surface area contributed by atoms with Gasteiger partial charge in [0.1, 0.15) is 5.75 Å². The molecule has 0 aliphatic rings. The summed E-state index contributed by atoms with van der Waals surface area (Å²) in [5, 5.41) is 0. The third kappa shape index (κ3) is 2.72. The van der Waals surface area contributed by atoms with Gasteiger partial charge in [-0.1, -0.05) is 18.2 Å². The molecule has 0 aromatic heterocycles. The third-order valence-corrected chi connectivity index (χ3v) is 2.13. The summed E-state index contributed by atoms with van der Waals surface area (Å²) in [7, 11) is 1.66. The summed E-state index contributed by atoms with van der Waals surface area (Å²) in [6.45, 7) is 3.89. The molecule has 0 spiro atoms. The van der Waals surface area contributed by atoms with Crippen molar-refractivity contribution in [2.45, 2.75) is 25.9 Å². The largest absolute Gasteiger partial charge is 0.496 e. The van der Waals surface area contributed by atoms with Crippen LogP contribution in [-0.2, 0) is 11.3 Å². The van der Waals surface area contributed by atoms with Crippen LogP contribution in [0.5, 0.6) is 5.75 Å². The number of para-hydroxylation sites is 1. The fourth-order valence-electron chi connectivity index (χ4n) is 1.35. The normalized spacial score (nSPS) is 11.4. The van der Waals surface area contributed by atoms with E-state index in [1.54, 1.807) is 7.11 Å². The molecule has 14 heavy (non-hydrogen) atoms. The Morgan fingerprint density at radius 2 is 1.93 bits per heavy atom. The van der Waals surface area contributed by atoms with E-state index in [2.05, 4.69) is 0 Å². The minimum Gasteiger partial charge on any atom is -0.496 e. The van der Waals surface area contributed by atoms with Crippen LogP contribution in [0.2, 0.25) is 0 Å². The molecule has 0 bridgehead atoms. The first-order valence-electron chi connectivity index (χ1n) is 4.59. The van der Waals surface area contributed by atoms with E-state index in [0.717, 1.165) is 17.7 Å². The van der Waals surface area contributed by atoms with Gasteiger partial charge in [-0.05, 0) is 25.5 Å². The van der Waals surface area contributed by atoms with Gasteiger partial charge in [0.25, 0.3) is 0 Å². The second kappa shape index (κ2) is 4.44. The SMILES string of the molecule is COc1ccccc1CC(C)(C)ON. The Hall–Kier alpha value is -1.06. The second-order valence-corrected chi connectivity index (χ2v) is 3.87. The maximum absolute atomic E-state index is 5.24. The summed E-state index contributed by atoms with van der Waals surface area (Å²) in [4.78, 5) is 4.89. The molecule has 78 valence electrons. The van der Waals surface area contributed by atoms with E-state index >= 15 is 0 Å². The number of methoxy groups -OCH3 is 1. The van der Waals surface area contributed by atoms with Gasteiger partial charge in [0, 0.05) is 6.42 Å². The lowest BCUT2D eigenvalue weighted by molar-refractivity contribution is -0.0190. The fraction of sp³-hybridized carbons (Fsp3) is 0.455. The summed E-state index contributed by atoms with van der Waals surface area (Å²) in [6.07, 6.45) is 0.730. The Morgan fingerprint density at radius 3 is 2.50 bits per heavy atom. The monoisotopic (exact) mass is 195 g/mol. The number of rotatable bonds is 4. The predicted octanol–water partition coefficient (Wildman–Crippen LogP) is 1.91. The maximum atomic E-state index is 5.24. The van der Waals surface area contributed by atoms with Gasteiger partial charge in [0.05, 0.1) is 12.7 Å². The van der Waals surface area contributed by atoms with E-state index in [4.69, 9.17) is 15.5 Å². The summed E-state index contributed by atoms with van der Waals surface area (Å²) in [5.41, 5.74) is 0.736. The van der Waals surface area contributed by atoms with Crippen molar-refractivity contribution in [3.05, 3.63) is 29.8 Å². The Morgan fingerprint density at radius 1 is 1.29 bits per heavy atom. The molecule has 3 nitrogen and oxygen atoms in total. The molecule has 1 aromatic rings. The van der Waals surface area contributed by atoms with Gasteiger partial charge in [-0.25, -0.2) is 5.90 Å². The molecule has 0 aliphatic heterocycles. The summed E-state index contributed by atoms with van der Waals surface area (Å²) < 4.78 is 5.24. The highest BCUT2D eigenvalue weighted by Gasteiger charge is 2.19. The van der Waals surface area contributed by atoms with Crippen molar-refractivity contribution >= 4 is 0 Å². The lowest BCUT2D eigenvalue weighted by atomic mass is 9.98. The number of ether oxygens (including phenoxy) is 1. The van der Waals surface area contributed by atoms with Crippen LogP contribution < -0.4 is 10.6 Å². The fourth-order valence-corrected chi connectivity index (χ4v) is 1.35. The Kier molecular flexibility index (Phi) is 3.49. The Balaban J connectivity index is 2.85. The van der Waals surface area contributed by atoms with Crippen LogP contribution in [0.25, 0.3) is 0 Å². The molecule has 1 rings (SSSR count). The van der Waals surface area contributed by atoms with Crippen molar-refractivity contribution < 1.29 is 9.57 Å². The minimum absolute atomic E-state index is 0.366. The molecule has 0 amide bonds. The summed E-state index contributed by atoms with van der Waals surface area (Å²) in [6, 6.07) is 7.87. The first-order valence-corrected chi connectivity index (χ1v) is 4.59. The molecular weight excluding hydrogens is 178 g/mol. The molecule has 0 saturated heterocycles. The molecule has 3 heteroatoms. The summed E-state index contributed by atoms with van der Waals surface area (Å²) >= 11 is 0. The van der Waals surface area contributed by atoms with E-state index in [1.165, 1.54) is 0 Å². The first kappa shape index (κ1) is 11.0. The van der Waals surface area contributed by atoms with Crippen LogP contribution in [0.3, 0.4) is 0 Å². The van der Waals surface area contributed by atoms with Gasteiger partial charge in [0.15, 0.2) is 0 Å². The molecule has 2 N–H and O–H groups in total. The smallest absolute Gasteiger partial charge is 0.122 e. The average Bonchev–Trinajstić information content (AvgIpc) is 2.18. The van der Waals surface area contributed by atoms with E-state index < -0.39 is 0 Å². The molecular formula is C11H17NO2. The van der Waals surface area contributed by atoms with Crippen molar-refractivity contribution in [1.82, 2.24) is 0 Å². The van der Waals surface area contributed by atoms with Gasteiger partial charge in [-0.2, -0.15) is 0 Å². The zero-order chi connectivity index (χ0) is 10.6. The highest BCUT2D eigenvalue weighted by Crippen LogP contribution is 2.23. The lowest BCUT2D eigenvalue weighted by Crippen LogP contribution is -2.30. The molecule has 0 atom stereocenters. The molecule has 0 fully saturated rings. The van der Waals surface area contributed by atoms with Crippen molar-refractivity contribution in [3.63, 3.8) is 0 Å². The molecule has 0 unspecified atom stereocenters. The van der Waals surface area contributed by atoms with Crippen LogP contribution in [0, 0.1) is 0 Å². The van der Waals surface area contributed by atoms with Gasteiger partial charge in [-0.15, -0.1) is 0 Å². The van der Waals surface area contributed by atoms with E-state index in [-0.39, 0.29) is 5.60 Å². The van der Waals surface area contributed by atoms with Crippen LogP contribution in [0.1, 0.15) is 19.4 Å². The van der Waals surface area contributed by atoms with E-state index in [9.17, 15) is 0 Å². The van der Waals surface area contributed by atoms with Crippen molar-refractivity contribution in [1.29, 1.82) is 0 Å². The highest BCUT2D eigenvalue weighted by atomic mass is 16.6. The van der Waals surface area contributed by atoms with Crippen LogP contribution in [0.15, 0.2) is 24.3 Å². The quantitative estimate of drug-likeness (QED) is 0.746. The van der Waals surface area contributed by atoms with Gasteiger partial charge in [-0.3, -0.25) is 4.84 Å². The second-order valence-electron chi connectivity index (χ2n) is 3.87. The van der Waals surface area contributed by atoms with Gasteiger partial charge < -0.3 is 4.74 Å². The molecule has 0 radical (unpaired) electrons. The zero-order valence-electron chi connectivity index (χ0n) is 8.91. The zero-order valence-corrected chi connectivity index (χ0v) is 8.91. The molecule has 1 aromatic carbocycles. The molecule has 0 heterocycles. The number of hydrogen-bond acceptors (Lipinski definition) is 3. The predicted molar refractivity (Wildman–Crippen MR) is 56.0 cm³/mol. The Labute approximate surface area is 84.8 Å². The lowest BCUT2D eigenvalue weighted by Gasteiger charge is -2.22. The van der Waals surface area contributed by atoms with Crippen LogP contribution >= 0.6 is 0 Å². The minimum atomic E-state index is -0.366. The molecule has 0 aliphatic carbocycles. The first-order chi connectivity index (χ1) is 6.59. The van der Waals surface area contributed by atoms with E-state index in [0.29, 0.717) is 0 Å². The van der Waals surface area contributed by atoms with Crippen molar-refractivity contribution in [2.75, 3.05) is 7.11 Å². The van der Waals surface area contributed by atoms with Crippen LogP contribution in [-0.4, -0.2) is 12.7 Å². The standard InChI is InChI=1S/C11H17NO2/c1-11(2,14-12)8-9-6-4-5-7-10(9)13-3/h4-7H,8,12H2,1-3H3. The summed E-state index contributed by atoms with van der Waals surface area (Å²) in [5.74, 6) is 6.08. The number of hydrogen-bond donors (Lipinski definition) is 1. The Bertz CT molecular complexity index is 297. The van der Waals surface area contributed by atoms with E-state index in [1.807, 2.05) is 38.1 Å². The maximum Gasteiger partial charge on any atom is 0.122 e. The number of nitrogens with two attached hydrogens (primary N) is 1. The van der Waals surface area contributed by atoms with Gasteiger partial charge >= 0.3 is 0 Å².